The number of rotatable bonds is 2. The lowest BCUT2D eigenvalue weighted by molar-refractivity contribution is 0.195. The zero-order valence-electron chi connectivity index (χ0n) is 11.2. The predicted molar refractivity (Wildman–Crippen MR) is 71.6 cm³/mol. The highest BCUT2D eigenvalue weighted by atomic mass is 14.8. The van der Waals surface area contributed by atoms with E-state index in [2.05, 4.69) is 31.8 Å². The van der Waals surface area contributed by atoms with E-state index in [0.29, 0.717) is 0 Å². The molecule has 1 aromatic heterocycles. The van der Waals surface area contributed by atoms with Gasteiger partial charge in [0.05, 0.1) is 0 Å². The van der Waals surface area contributed by atoms with E-state index in [4.69, 9.17) is 5.73 Å². The van der Waals surface area contributed by atoms with Gasteiger partial charge in [-0.25, -0.2) is 0 Å². The number of nitrogens with zero attached hydrogens (tertiary/aromatic N) is 1. The minimum Gasteiger partial charge on any atom is -0.321 e. The van der Waals surface area contributed by atoms with Crippen molar-refractivity contribution in [3.05, 3.63) is 29.6 Å². The van der Waals surface area contributed by atoms with E-state index < -0.39 is 0 Å². The van der Waals surface area contributed by atoms with Crippen LogP contribution in [0.3, 0.4) is 0 Å². The van der Waals surface area contributed by atoms with Crippen LogP contribution in [0.1, 0.15) is 50.7 Å². The van der Waals surface area contributed by atoms with Gasteiger partial charge in [0.15, 0.2) is 0 Å². The van der Waals surface area contributed by atoms with Gasteiger partial charge in [0.2, 0.25) is 0 Å². The van der Waals surface area contributed by atoms with Crippen molar-refractivity contribution in [2.75, 3.05) is 0 Å². The van der Waals surface area contributed by atoms with Crippen LogP contribution < -0.4 is 5.73 Å². The van der Waals surface area contributed by atoms with Crippen molar-refractivity contribution in [3.8, 4) is 0 Å². The molecule has 1 saturated carbocycles. The molecule has 1 heterocycles. The molecule has 94 valence electrons. The summed E-state index contributed by atoms with van der Waals surface area (Å²) in [6.45, 7) is 6.78. The number of aryl methyl sites for hydroxylation is 1. The Morgan fingerprint density at radius 3 is 2.53 bits per heavy atom. The first-order valence-electron chi connectivity index (χ1n) is 6.73. The molecule has 0 bridgehead atoms. The molecule has 2 rings (SSSR count). The summed E-state index contributed by atoms with van der Waals surface area (Å²) in [6, 6.07) is 2.07. The Morgan fingerprint density at radius 1 is 1.35 bits per heavy atom. The van der Waals surface area contributed by atoms with E-state index in [0.717, 1.165) is 24.7 Å². The maximum atomic E-state index is 6.60. The molecule has 0 unspecified atom stereocenters. The SMILES string of the molecule is Cc1ccncc1C1(N)CCC(C(C)C)CC1. The Labute approximate surface area is 105 Å². The van der Waals surface area contributed by atoms with Crippen molar-refractivity contribution in [2.45, 2.75) is 52.0 Å². The van der Waals surface area contributed by atoms with Crippen LogP contribution in [-0.4, -0.2) is 4.98 Å². The number of aromatic nitrogens is 1. The summed E-state index contributed by atoms with van der Waals surface area (Å²) in [5.74, 6) is 1.64. The van der Waals surface area contributed by atoms with Crippen LogP contribution in [0.5, 0.6) is 0 Å². The van der Waals surface area contributed by atoms with Crippen molar-refractivity contribution in [1.82, 2.24) is 4.98 Å². The van der Waals surface area contributed by atoms with Crippen molar-refractivity contribution < 1.29 is 0 Å². The van der Waals surface area contributed by atoms with Crippen molar-refractivity contribution >= 4 is 0 Å². The third-order valence-corrected chi connectivity index (χ3v) is 4.44. The highest BCUT2D eigenvalue weighted by Crippen LogP contribution is 2.40. The molecule has 0 radical (unpaired) electrons. The Morgan fingerprint density at radius 2 is 2.00 bits per heavy atom. The Kier molecular flexibility index (Phi) is 3.53. The summed E-state index contributed by atoms with van der Waals surface area (Å²) in [6.07, 6.45) is 8.52. The number of hydrogen-bond acceptors (Lipinski definition) is 2. The molecule has 1 aliphatic rings. The fourth-order valence-corrected chi connectivity index (χ4v) is 3.08. The van der Waals surface area contributed by atoms with Crippen molar-refractivity contribution in [3.63, 3.8) is 0 Å². The first-order chi connectivity index (χ1) is 8.03. The number of pyridine rings is 1. The number of hydrogen-bond donors (Lipinski definition) is 1. The summed E-state index contributed by atoms with van der Waals surface area (Å²) < 4.78 is 0. The van der Waals surface area contributed by atoms with Crippen LogP contribution in [0.4, 0.5) is 0 Å². The summed E-state index contributed by atoms with van der Waals surface area (Å²) in [5.41, 5.74) is 9.00. The van der Waals surface area contributed by atoms with Gasteiger partial charge in [-0.2, -0.15) is 0 Å². The molecule has 2 heteroatoms. The maximum Gasteiger partial charge on any atom is 0.0427 e. The van der Waals surface area contributed by atoms with Gasteiger partial charge in [0.25, 0.3) is 0 Å². The second kappa shape index (κ2) is 4.77. The molecule has 0 spiro atoms. The van der Waals surface area contributed by atoms with Crippen LogP contribution in [0, 0.1) is 18.8 Å². The van der Waals surface area contributed by atoms with Gasteiger partial charge in [-0.15, -0.1) is 0 Å². The molecule has 0 aromatic carbocycles. The molecule has 0 atom stereocenters. The fraction of sp³-hybridized carbons (Fsp3) is 0.667. The monoisotopic (exact) mass is 232 g/mol. The normalized spacial score (nSPS) is 29.6. The largest absolute Gasteiger partial charge is 0.321 e. The van der Waals surface area contributed by atoms with Crippen molar-refractivity contribution in [1.29, 1.82) is 0 Å². The zero-order chi connectivity index (χ0) is 12.5. The molecule has 0 amide bonds. The third kappa shape index (κ3) is 2.52. The highest BCUT2D eigenvalue weighted by molar-refractivity contribution is 5.29. The van der Waals surface area contributed by atoms with Crippen LogP contribution in [0.15, 0.2) is 18.5 Å². The first kappa shape index (κ1) is 12.6. The molecule has 1 fully saturated rings. The van der Waals surface area contributed by atoms with Crippen LogP contribution in [-0.2, 0) is 5.54 Å². The van der Waals surface area contributed by atoms with E-state index in [1.165, 1.54) is 24.0 Å². The van der Waals surface area contributed by atoms with E-state index in [1.54, 1.807) is 0 Å². The van der Waals surface area contributed by atoms with E-state index in [-0.39, 0.29) is 5.54 Å². The van der Waals surface area contributed by atoms with Gasteiger partial charge in [-0.05, 0) is 61.6 Å². The van der Waals surface area contributed by atoms with E-state index in [9.17, 15) is 0 Å². The van der Waals surface area contributed by atoms with Crippen LogP contribution in [0.2, 0.25) is 0 Å². The zero-order valence-corrected chi connectivity index (χ0v) is 11.2. The van der Waals surface area contributed by atoms with Crippen molar-refractivity contribution in [2.24, 2.45) is 17.6 Å². The first-order valence-corrected chi connectivity index (χ1v) is 6.73. The molecule has 1 aliphatic carbocycles. The van der Waals surface area contributed by atoms with Crippen LogP contribution >= 0.6 is 0 Å². The fourth-order valence-electron chi connectivity index (χ4n) is 3.08. The minimum atomic E-state index is -0.135. The molecular formula is C15H24N2. The minimum absolute atomic E-state index is 0.135. The van der Waals surface area contributed by atoms with Gasteiger partial charge in [-0.1, -0.05) is 13.8 Å². The molecule has 0 aliphatic heterocycles. The lowest BCUT2D eigenvalue weighted by Crippen LogP contribution is -2.41. The predicted octanol–water partition coefficient (Wildman–Crippen LogP) is 3.39. The molecule has 17 heavy (non-hydrogen) atoms. The molecule has 0 saturated heterocycles. The van der Waals surface area contributed by atoms with Gasteiger partial charge >= 0.3 is 0 Å². The van der Waals surface area contributed by atoms with E-state index in [1.807, 2.05) is 12.4 Å². The average Bonchev–Trinajstić information content (AvgIpc) is 2.30. The summed E-state index contributed by atoms with van der Waals surface area (Å²) in [5, 5.41) is 0. The smallest absolute Gasteiger partial charge is 0.0427 e. The standard InChI is InChI=1S/C15H24N2/c1-11(2)13-4-7-15(16,8-5-13)14-10-17-9-6-12(14)3/h6,9-11,13H,4-5,7-8,16H2,1-3H3. The maximum absolute atomic E-state index is 6.60. The average molecular weight is 232 g/mol. The molecule has 1 aromatic rings. The second-order valence-electron chi connectivity index (χ2n) is 5.93. The molecule has 2 nitrogen and oxygen atoms in total. The second-order valence-corrected chi connectivity index (χ2v) is 5.93. The summed E-state index contributed by atoms with van der Waals surface area (Å²) in [4.78, 5) is 4.24. The Bertz CT molecular complexity index is 376. The Balaban J connectivity index is 2.15. The number of nitrogens with two attached hydrogens (primary N) is 1. The molecule has 2 N–H and O–H groups in total. The van der Waals surface area contributed by atoms with Gasteiger partial charge in [-0.3, -0.25) is 4.98 Å². The van der Waals surface area contributed by atoms with Gasteiger partial charge < -0.3 is 5.73 Å². The summed E-state index contributed by atoms with van der Waals surface area (Å²) >= 11 is 0. The topological polar surface area (TPSA) is 38.9 Å². The summed E-state index contributed by atoms with van der Waals surface area (Å²) in [7, 11) is 0. The third-order valence-electron chi connectivity index (χ3n) is 4.44. The van der Waals surface area contributed by atoms with Crippen LogP contribution in [0.25, 0.3) is 0 Å². The van der Waals surface area contributed by atoms with E-state index >= 15 is 0 Å². The lowest BCUT2D eigenvalue weighted by Gasteiger charge is -2.39. The molecular weight excluding hydrogens is 208 g/mol. The highest BCUT2D eigenvalue weighted by Gasteiger charge is 2.35. The van der Waals surface area contributed by atoms with Gasteiger partial charge in [0, 0.05) is 17.9 Å². The van der Waals surface area contributed by atoms with Gasteiger partial charge in [0.1, 0.15) is 0 Å². The lowest BCUT2D eigenvalue weighted by atomic mass is 9.70. The quantitative estimate of drug-likeness (QED) is 0.849. The Hall–Kier alpha value is -0.890.